The molecule has 1 amide bonds. The van der Waals surface area contributed by atoms with Crippen molar-refractivity contribution >= 4 is 21.7 Å². The van der Waals surface area contributed by atoms with Crippen LogP contribution in [-0.4, -0.2) is 49.1 Å². The fraction of sp³-hybridized carbons (Fsp3) is 0.455. The fourth-order valence-electron chi connectivity index (χ4n) is 2.04. The highest BCUT2D eigenvalue weighted by molar-refractivity contribution is 7.90. The van der Waals surface area contributed by atoms with E-state index in [1.165, 1.54) is 17.0 Å². The van der Waals surface area contributed by atoms with Gasteiger partial charge in [-0.05, 0) is 25.0 Å². The van der Waals surface area contributed by atoms with Crippen LogP contribution in [0.15, 0.2) is 21.6 Å². The summed E-state index contributed by atoms with van der Waals surface area (Å²) in [5.41, 5.74) is 0. The highest BCUT2D eigenvalue weighted by Crippen LogP contribution is 2.22. The van der Waals surface area contributed by atoms with Gasteiger partial charge in [0, 0.05) is 12.8 Å². The van der Waals surface area contributed by atoms with Crippen LogP contribution in [0.3, 0.4) is 0 Å². The Bertz CT molecular complexity index is 617. The summed E-state index contributed by atoms with van der Waals surface area (Å²) in [6.07, 6.45) is 1.96. The quantitative estimate of drug-likeness (QED) is 0.861. The van der Waals surface area contributed by atoms with E-state index >= 15 is 0 Å². The van der Waals surface area contributed by atoms with E-state index in [1.54, 1.807) is 0 Å². The summed E-state index contributed by atoms with van der Waals surface area (Å²) >= 11 is 0. The van der Waals surface area contributed by atoms with Crippen molar-refractivity contribution in [1.29, 1.82) is 0 Å². The third kappa shape index (κ3) is 2.62. The molecule has 0 radical (unpaired) electrons. The number of amides is 1. The number of likely N-dealkylation sites (tertiary alicyclic amines) is 1. The zero-order valence-corrected chi connectivity index (χ0v) is 11.0. The van der Waals surface area contributed by atoms with E-state index in [0.29, 0.717) is 19.4 Å². The Kier molecular flexibility index (Phi) is 3.36. The Hall–Kier alpha value is -1.83. The van der Waals surface area contributed by atoms with Gasteiger partial charge >= 0.3 is 5.97 Å². The maximum atomic E-state index is 12.1. The Morgan fingerprint density at radius 2 is 2.11 bits per heavy atom. The highest BCUT2D eigenvalue weighted by atomic mass is 32.2. The van der Waals surface area contributed by atoms with Gasteiger partial charge in [-0.2, -0.15) is 0 Å². The molecule has 1 aliphatic rings. The lowest BCUT2D eigenvalue weighted by Crippen LogP contribution is -2.40. The van der Waals surface area contributed by atoms with E-state index in [9.17, 15) is 18.0 Å². The molecule has 104 valence electrons. The standard InChI is InChI=1S/C11H13NO6S/c1-19(16,17)9-5-4-8(18-9)10(13)12-6-2-3-7(12)11(14)15/h4-5,7H,2-3,6H2,1H3,(H,14,15). The summed E-state index contributed by atoms with van der Waals surface area (Å²) < 4.78 is 27.5. The summed E-state index contributed by atoms with van der Waals surface area (Å²) in [6, 6.07) is 1.56. The number of furan rings is 1. The lowest BCUT2D eigenvalue weighted by Gasteiger charge is -2.19. The molecule has 0 aromatic carbocycles. The molecule has 2 rings (SSSR count). The first-order valence-electron chi connectivity index (χ1n) is 5.64. The molecule has 0 aliphatic carbocycles. The van der Waals surface area contributed by atoms with Crippen LogP contribution in [0.5, 0.6) is 0 Å². The Morgan fingerprint density at radius 1 is 1.42 bits per heavy atom. The highest BCUT2D eigenvalue weighted by Gasteiger charge is 2.35. The molecule has 0 bridgehead atoms. The third-order valence-electron chi connectivity index (χ3n) is 2.96. The Labute approximate surface area is 109 Å². The van der Waals surface area contributed by atoms with Gasteiger partial charge in [-0.1, -0.05) is 0 Å². The van der Waals surface area contributed by atoms with E-state index in [2.05, 4.69) is 0 Å². The molecule has 7 nitrogen and oxygen atoms in total. The van der Waals surface area contributed by atoms with Gasteiger partial charge in [0.2, 0.25) is 14.9 Å². The largest absolute Gasteiger partial charge is 0.480 e. The van der Waals surface area contributed by atoms with E-state index in [1.807, 2.05) is 0 Å². The minimum absolute atomic E-state index is 0.159. The first-order valence-corrected chi connectivity index (χ1v) is 7.53. The molecule has 1 saturated heterocycles. The molecule has 1 fully saturated rings. The lowest BCUT2D eigenvalue weighted by molar-refractivity contribution is -0.141. The van der Waals surface area contributed by atoms with Crippen LogP contribution in [0.25, 0.3) is 0 Å². The second-order valence-corrected chi connectivity index (χ2v) is 6.33. The predicted octanol–water partition coefficient (Wildman–Crippen LogP) is 0.372. The molecular weight excluding hydrogens is 274 g/mol. The number of carboxylic acid groups (broad SMARTS) is 1. The summed E-state index contributed by atoms with van der Waals surface area (Å²) in [5.74, 6) is -1.82. The molecule has 1 aromatic rings. The molecule has 0 saturated carbocycles. The molecule has 0 spiro atoms. The van der Waals surface area contributed by atoms with Gasteiger partial charge in [-0.15, -0.1) is 0 Å². The van der Waals surface area contributed by atoms with Gasteiger partial charge in [-0.3, -0.25) is 4.79 Å². The maximum absolute atomic E-state index is 12.1. The van der Waals surface area contributed by atoms with Gasteiger partial charge in [0.05, 0.1) is 0 Å². The van der Waals surface area contributed by atoms with E-state index < -0.39 is 27.8 Å². The first kappa shape index (κ1) is 13.6. The third-order valence-corrected chi connectivity index (χ3v) is 3.91. The summed E-state index contributed by atoms with van der Waals surface area (Å²) in [5, 5.41) is 8.69. The molecule has 1 atom stereocenters. The number of carbonyl (C=O) groups excluding carboxylic acids is 1. The SMILES string of the molecule is CS(=O)(=O)c1ccc(C(=O)N2CCCC2C(=O)O)o1. The van der Waals surface area contributed by atoms with Gasteiger partial charge < -0.3 is 14.4 Å². The number of sulfone groups is 1. The maximum Gasteiger partial charge on any atom is 0.326 e. The number of hydrogen-bond acceptors (Lipinski definition) is 5. The van der Waals surface area contributed by atoms with Gasteiger partial charge in [0.15, 0.2) is 5.76 Å². The van der Waals surface area contributed by atoms with Crippen LogP contribution in [0.2, 0.25) is 0 Å². The van der Waals surface area contributed by atoms with Crippen molar-refractivity contribution in [2.45, 2.75) is 24.0 Å². The molecule has 1 N–H and O–H groups in total. The minimum atomic E-state index is -3.52. The number of nitrogens with zero attached hydrogens (tertiary/aromatic N) is 1. The second kappa shape index (κ2) is 4.69. The normalized spacial score (nSPS) is 19.6. The summed E-state index contributed by atoms with van der Waals surface area (Å²) in [7, 11) is -3.52. The van der Waals surface area contributed by atoms with Crippen LogP contribution in [0.4, 0.5) is 0 Å². The second-order valence-electron chi connectivity index (χ2n) is 4.39. The van der Waals surface area contributed by atoms with Crippen molar-refractivity contribution in [1.82, 2.24) is 4.90 Å². The molecule has 1 unspecified atom stereocenters. The summed E-state index contributed by atoms with van der Waals surface area (Å²) in [6.45, 7) is 0.324. The van der Waals surface area contributed by atoms with Gasteiger partial charge in [0.1, 0.15) is 6.04 Å². The number of hydrogen-bond donors (Lipinski definition) is 1. The molecule has 19 heavy (non-hydrogen) atoms. The molecule has 1 aliphatic heterocycles. The van der Waals surface area contributed by atoms with E-state index in [4.69, 9.17) is 9.52 Å². The van der Waals surface area contributed by atoms with Gasteiger partial charge in [0.25, 0.3) is 5.91 Å². The molecule has 8 heteroatoms. The van der Waals surface area contributed by atoms with Crippen LogP contribution < -0.4 is 0 Å². The lowest BCUT2D eigenvalue weighted by atomic mass is 10.2. The zero-order valence-electron chi connectivity index (χ0n) is 10.2. The smallest absolute Gasteiger partial charge is 0.326 e. The van der Waals surface area contributed by atoms with Crippen LogP contribution in [0.1, 0.15) is 23.4 Å². The van der Waals surface area contributed by atoms with Crippen molar-refractivity contribution in [3.8, 4) is 0 Å². The fourth-order valence-corrected chi connectivity index (χ4v) is 2.60. The monoisotopic (exact) mass is 287 g/mol. The van der Waals surface area contributed by atoms with Crippen LogP contribution in [-0.2, 0) is 14.6 Å². The first-order chi connectivity index (χ1) is 8.80. The molecule has 1 aromatic heterocycles. The van der Waals surface area contributed by atoms with Crippen molar-refractivity contribution < 1.29 is 27.5 Å². The van der Waals surface area contributed by atoms with Crippen LogP contribution in [0, 0.1) is 0 Å². The average molecular weight is 287 g/mol. The van der Waals surface area contributed by atoms with Gasteiger partial charge in [-0.25, -0.2) is 13.2 Å². The number of rotatable bonds is 3. The van der Waals surface area contributed by atoms with Crippen molar-refractivity contribution in [3.05, 3.63) is 17.9 Å². The van der Waals surface area contributed by atoms with Crippen molar-refractivity contribution in [3.63, 3.8) is 0 Å². The van der Waals surface area contributed by atoms with Crippen LogP contribution >= 0.6 is 0 Å². The van der Waals surface area contributed by atoms with E-state index in [0.717, 1.165) is 6.26 Å². The van der Waals surface area contributed by atoms with Crippen molar-refractivity contribution in [2.24, 2.45) is 0 Å². The average Bonchev–Trinajstić information content (AvgIpc) is 2.96. The number of carboxylic acids is 1. The van der Waals surface area contributed by atoms with Crippen molar-refractivity contribution in [2.75, 3.05) is 12.8 Å². The predicted molar refractivity (Wildman–Crippen MR) is 63.5 cm³/mol. The minimum Gasteiger partial charge on any atom is -0.480 e. The summed E-state index contributed by atoms with van der Waals surface area (Å²) in [4.78, 5) is 24.3. The number of carbonyl (C=O) groups is 2. The topological polar surface area (TPSA) is 105 Å². The number of aliphatic carboxylic acids is 1. The zero-order chi connectivity index (χ0) is 14.2. The molecule has 2 heterocycles. The van der Waals surface area contributed by atoms with E-state index in [-0.39, 0.29) is 10.9 Å². The Balaban J connectivity index is 2.25. The molecular formula is C11H13NO6S. The Morgan fingerprint density at radius 3 is 2.63 bits per heavy atom.